The van der Waals surface area contributed by atoms with E-state index in [0.29, 0.717) is 16.9 Å². The van der Waals surface area contributed by atoms with Crippen LogP contribution in [0.4, 0.5) is 21.9 Å². The minimum atomic E-state index is -0.599. The Hall–Kier alpha value is -3.68. The van der Waals surface area contributed by atoms with Crippen molar-refractivity contribution in [3.8, 4) is 0 Å². The number of nitro groups is 1. The SMILES string of the molecule is CC(C)(C)OC(=O)Nc1ccc(NC(=O)/C=C/c2ccccc2[N+](=O)[O-])cc1. The van der Waals surface area contributed by atoms with Crippen LogP contribution in [0.5, 0.6) is 0 Å². The number of nitrogens with zero attached hydrogens (tertiary/aromatic N) is 1. The molecular formula is C20H21N3O5. The number of amides is 2. The number of hydrogen-bond donors (Lipinski definition) is 2. The van der Waals surface area contributed by atoms with E-state index in [4.69, 9.17) is 4.74 Å². The molecule has 0 unspecified atom stereocenters. The predicted octanol–water partition coefficient (Wildman–Crippen LogP) is 4.59. The van der Waals surface area contributed by atoms with E-state index in [1.807, 2.05) is 0 Å². The number of anilines is 2. The molecule has 0 aromatic heterocycles. The average molecular weight is 383 g/mol. The third-order valence-electron chi connectivity index (χ3n) is 3.35. The number of nitro benzene ring substituents is 1. The summed E-state index contributed by atoms with van der Waals surface area (Å²) in [6.07, 6.45) is 2.03. The van der Waals surface area contributed by atoms with Crippen molar-refractivity contribution in [1.82, 2.24) is 0 Å². The Morgan fingerprint density at radius 3 is 2.14 bits per heavy atom. The topological polar surface area (TPSA) is 111 Å². The van der Waals surface area contributed by atoms with Gasteiger partial charge in [-0.2, -0.15) is 0 Å². The van der Waals surface area contributed by atoms with Crippen LogP contribution in [-0.2, 0) is 9.53 Å². The minimum absolute atomic E-state index is 0.0795. The van der Waals surface area contributed by atoms with Gasteiger partial charge in [0.1, 0.15) is 5.60 Å². The second-order valence-corrected chi connectivity index (χ2v) is 6.84. The molecule has 0 aliphatic carbocycles. The maximum atomic E-state index is 12.0. The summed E-state index contributed by atoms with van der Waals surface area (Å²) in [6, 6.07) is 12.6. The van der Waals surface area contributed by atoms with Gasteiger partial charge in [-0.1, -0.05) is 12.1 Å². The fourth-order valence-electron chi connectivity index (χ4n) is 2.20. The van der Waals surface area contributed by atoms with Crippen LogP contribution in [0.1, 0.15) is 26.3 Å². The summed E-state index contributed by atoms with van der Waals surface area (Å²) in [5.74, 6) is -0.439. The van der Waals surface area contributed by atoms with E-state index in [-0.39, 0.29) is 5.69 Å². The molecule has 0 aliphatic rings. The molecule has 0 saturated carbocycles. The van der Waals surface area contributed by atoms with Gasteiger partial charge in [-0.15, -0.1) is 0 Å². The van der Waals surface area contributed by atoms with E-state index in [1.54, 1.807) is 63.2 Å². The zero-order valence-electron chi connectivity index (χ0n) is 15.8. The molecule has 0 radical (unpaired) electrons. The van der Waals surface area contributed by atoms with Crippen LogP contribution < -0.4 is 10.6 Å². The van der Waals surface area contributed by atoms with Gasteiger partial charge in [-0.3, -0.25) is 20.2 Å². The highest BCUT2D eigenvalue weighted by Gasteiger charge is 2.16. The molecule has 0 heterocycles. The highest BCUT2D eigenvalue weighted by Crippen LogP contribution is 2.19. The molecule has 28 heavy (non-hydrogen) atoms. The van der Waals surface area contributed by atoms with Crippen molar-refractivity contribution in [3.63, 3.8) is 0 Å². The number of rotatable bonds is 5. The summed E-state index contributed by atoms with van der Waals surface area (Å²) in [4.78, 5) is 34.2. The second-order valence-electron chi connectivity index (χ2n) is 6.84. The highest BCUT2D eigenvalue weighted by atomic mass is 16.6. The summed E-state index contributed by atoms with van der Waals surface area (Å²) in [6.45, 7) is 5.30. The number of ether oxygens (including phenoxy) is 1. The van der Waals surface area contributed by atoms with Crippen molar-refractivity contribution in [2.75, 3.05) is 10.6 Å². The first-order valence-corrected chi connectivity index (χ1v) is 8.46. The average Bonchev–Trinajstić information content (AvgIpc) is 2.60. The zero-order valence-corrected chi connectivity index (χ0v) is 15.8. The van der Waals surface area contributed by atoms with Crippen molar-refractivity contribution < 1.29 is 19.2 Å². The fourth-order valence-corrected chi connectivity index (χ4v) is 2.20. The van der Waals surface area contributed by atoms with Crippen molar-refractivity contribution in [2.24, 2.45) is 0 Å². The number of para-hydroxylation sites is 1. The van der Waals surface area contributed by atoms with Crippen LogP contribution in [0.3, 0.4) is 0 Å². The van der Waals surface area contributed by atoms with Gasteiger partial charge in [-0.25, -0.2) is 4.79 Å². The van der Waals surface area contributed by atoms with Crippen molar-refractivity contribution in [3.05, 3.63) is 70.3 Å². The first kappa shape index (κ1) is 20.6. The standard InChI is InChI=1S/C20H21N3O5/c1-20(2,3)28-19(25)22-16-11-9-15(10-12-16)21-18(24)13-8-14-6-4-5-7-17(14)23(26)27/h4-13H,1-3H3,(H,21,24)(H,22,25)/b13-8+. The van der Waals surface area contributed by atoms with Gasteiger partial charge in [0, 0.05) is 23.5 Å². The van der Waals surface area contributed by atoms with Crippen molar-refractivity contribution in [1.29, 1.82) is 0 Å². The molecule has 0 fully saturated rings. The molecule has 0 aliphatic heterocycles. The molecule has 2 aromatic carbocycles. The summed E-state index contributed by atoms with van der Waals surface area (Å²) >= 11 is 0. The van der Waals surface area contributed by atoms with Crippen LogP contribution in [0.15, 0.2) is 54.6 Å². The molecule has 0 bridgehead atoms. The van der Waals surface area contributed by atoms with Crippen LogP contribution in [0.2, 0.25) is 0 Å². The molecule has 8 heteroatoms. The number of carbonyl (C=O) groups excluding carboxylic acids is 2. The van der Waals surface area contributed by atoms with Crippen LogP contribution >= 0.6 is 0 Å². The molecule has 8 nitrogen and oxygen atoms in total. The van der Waals surface area contributed by atoms with Gasteiger partial charge in [0.25, 0.3) is 5.69 Å². The largest absolute Gasteiger partial charge is 0.444 e. The zero-order chi connectivity index (χ0) is 20.7. The monoisotopic (exact) mass is 383 g/mol. The molecule has 0 saturated heterocycles. The Balaban J connectivity index is 1.96. The lowest BCUT2D eigenvalue weighted by atomic mass is 10.1. The lowest BCUT2D eigenvalue weighted by Crippen LogP contribution is -2.27. The van der Waals surface area contributed by atoms with Gasteiger partial charge in [0.2, 0.25) is 5.91 Å². The molecule has 2 amide bonds. The van der Waals surface area contributed by atoms with Crippen LogP contribution in [0, 0.1) is 10.1 Å². The molecule has 2 aromatic rings. The Kier molecular flexibility index (Phi) is 6.49. The Morgan fingerprint density at radius 1 is 1.00 bits per heavy atom. The smallest absolute Gasteiger partial charge is 0.412 e. The van der Waals surface area contributed by atoms with Crippen LogP contribution in [0.25, 0.3) is 6.08 Å². The van der Waals surface area contributed by atoms with Gasteiger partial charge in [0.15, 0.2) is 0 Å². The van der Waals surface area contributed by atoms with Crippen molar-refractivity contribution >= 4 is 35.1 Å². The van der Waals surface area contributed by atoms with Gasteiger partial charge < -0.3 is 10.1 Å². The summed E-state index contributed by atoms with van der Waals surface area (Å²) in [5.41, 5.74) is 0.677. The Morgan fingerprint density at radius 2 is 1.57 bits per heavy atom. The maximum Gasteiger partial charge on any atom is 0.412 e. The molecule has 2 N–H and O–H groups in total. The number of benzene rings is 2. The van der Waals surface area contributed by atoms with Gasteiger partial charge in [0.05, 0.1) is 10.5 Å². The van der Waals surface area contributed by atoms with E-state index in [0.717, 1.165) is 0 Å². The minimum Gasteiger partial charge on any atom is -0.444 e. The molecule has 0 atom stereocenters. The summed E-state index contributed by atoms with van der Waals surface area (Å²) in [7, 11) is 0. The second kappa shape index (κ2) is 8.81. The number of carbonyl (C=O) groups is 2. The fraction of sp³-hybridized carbons (Fsp3) is 0.200. The lowest BCUT2D eigenvalue weighted by molar-refractivity contribution is -0.385. The number of nitrogens with one attached hydrogen (secondary N) is 2. The third kappa shape index (κ3) is 6.56. The maximum absolute atomic E-state index is 12.0. The van der Waals surface area contributed by atoms with E-state index in [1.165, 1.54) is 18.2 Å². The third-order valence-corrected chi connectivity index (χ3v) is 3.35. The van der Waals surface area contributed by atoms with Crippen LogP contribution in [-0.4, -0.2) is 22.5 Å². The van der Waals surface area contributed by atoms with Crippen molar-refractivity contribution in [2.45, 2.75) is 26.4 Å². The molecular weight excluding hydrogens is 362 g/mol. The van der Waals surface area contributed by atoms with Gasteiger partial charge in [-0.05, 0) is 57.2 Å². The molecule has 2 rings (SSSR count). The van der Waals surface area contributed by atoms with E-state index >= 15 is 0 Å². The van der Waals surface area contributed by atoms with E-state index in [2.05, 4.69) is 10.6 Å². The summed E-state index contributed by atoms with van der Waals surface area (Å²) in [5, 5.41) is 16.2. The predicted molar refractivity (Wildman–Crippen MR) is 107 cm³/mol. The quantitative estimate of drug-likeness (QED) is 0.445. The Bertz CT molecular complexity index is 899. The van der Waals surface area contributed by atoms with E-state index in [9.17, 15) is 19.7 Å². The van der Waals surface area contributed by atoms with E-state index < -0.39 is 22.5 Å². The number of hydrogen-bond acceptors (Lipinski definition) is 5. The molecule has 0 spiro atoms. The molecule has 146 valence electrons. The van der Waals surface area contributed by atoms with Gasteiger partial charge >= 0.3 is 6.09 Å². The lowest BCUT2D eigenvalue weighted by Gasteiger charge is -2.19. The normalized spacial score (nSPS) is 11.1. The summed E-state index contributed by atoms with van der Waals surface area (Å²) < 4.78 is 5.16. The Labute approximate surface area is 162 Å². The highest BCUT2D eigenvalue weighted by molar-refractivity contribution is 6.02. The first-order valence-electron chi connectivity index (χ1n) is 8.46. The first-order chi connectivity index (χ1) is 13.1.